The number of hydrogen-bond acceptors (Lipinski definition) is 2. The number of anilines is 3. The van der Waals surface area contributed by atoms with Crippen molar-refractivity contribution in [3.05, 3.63) is 218 Å². The zero-order chi connectivity index (χ0) is 39.5. The maximum atomic E-state index is 15.5. The molecular weight excluding hydrogens is 731 g/mol. The van der Waals surface area contributed by atoms with E-state index in [1.54, 1.807) is 12.1 Å². The summed E-state index contributed by atoms with van der Waals surface area (Å²) in [6.45, 7) is 0. The van der Waals surface area contributed by atoms with Crippen LogP contribution >= 0.6 is 0 Å². The molecule has 0 aliphatic heterocycles. The lowest BCUT2D eigenvalue weighted by molar-refractivity contribution is 0.629. The Morgan fingerprint density at radius 2 is 1.03 bits per heavy atom. The molecule has 0 atom stereocenters. The molecule has 0 aliphatic carbocycles. The van der Waals surface area contributed by atoms with Crippen molar-refractivity contribution in [3.63, 3.8) is 0 Å². The van der Waals surface area contributed by atoms with Gasteiger partial charge in [-0.25, -0.2) is 8.78 Å². The van der Waals surface area contributed by atoms with Crippen molar-refractivity contribution in [2.24, 2.45) is 0 Å². The van der Waals surface area contributed by atoms with Crippen LogP contribution < -0.4 is 4.90 Å². The van der Waals surface area contributed by atoms with E-state index < -0.39 is 0 Å². The number of furan rings is 1. The smallest absolute Gasteiger partial charge is 0.147 e. The highest BCUT2D eigenvalue weighted by molar-refractivity contribution is 6.10. The molecule has 2 aromatic heterocycles. The predicted octanol–water partition coefficient (Wildman–Crippen LogP) is 15.4. The number of para-hydroxylation sites is 3. The van der Waals surface area contributed by atoms with Gasteiger partial charge in [-0.2, -0.15) is 0 Å². The van der Waals surface area contributed by atoms with E-state index in [1.165, 1.54) is 18.2 Å². The van der Waals surface area contributed by atoms with Crippen LogP contribution in [0.15, 0.2) is 211 Å². The van der Waals surface area contributed by atoms with Crippen LogP contribution in [0.3, 0.4) is 0 Å². The Hall–Kier alpha value is -7.76. The Bertz CT molecular complexity index is 3350. The zero-order valence-electron chi connectivity index (χ0n) is 31.7. The van der Waals surface area contributed by atoms with Crippen molar-refractivity contribution < 1.29 is 13.2 Å². The number of rotatable bonds is 7. The fourth-order valence-electron chi connectivity index (χ4n) is 8.56. The van der Waals surface area contributed by atoms with Crippen LogP contribution in [0.25, 0.3) is 82.8 Å². The van der Waals surface area contributed by atoms with Crippen LogP contribution in [0.5, 0.6) is 0 Å². The molecule has 0 fully saturated rings. The first kappa shape index (κ1) is 34.5. The fourth-order valence-corrected chi connectivity index (χ4v) is 8.56. The van der Waals surface area contributed by atoms with Gasteiger partial charge in [0.15, 0.2) is 0 Å². The molecule has 3 nitrogen and oxygen atoms in total. The maximum Gasteiger partial charge on any atom is 0.147 e. The van der Waals surface area contributed by atoms with Crippen LogP contribution in [-0.4, -0.2) is 4.57 Å². The lowest BCUT2D eigenvalue weighted by atomic mass is 10.0. The third-order valence-corrected chi connectivity index (χ3v) is 11.3. The summed E-state index contributed by atoms with van der Waals surface area (Å²) >= 11 is 0. The van der Waals surface area contributed by atoms with Crippen molar-refractivity contribution in [1.29, 1.82) is 0 Å². The normalized spacial score (nSPS) is 11.6. The molecule has 11 aromatic rings. The van der Waals surface area contributed by atoms with Crippen molar-refractivity contribution >= 4 is 60.8 Å². The molecule has 5 heteroatoms. The Labute approximate surface area is 339 Å². The number of fused-ring (bicyclic) bond motifs is 6. The minimum absolute atomic E-state index is 0.355. The Balaban J connectivity index is 0.993. The quantitative estimate of drug-likeness (QED) is 0.161. The van der Waals surface area contributed by atoms with Gasteiger partial charge in [-0.3, -0.25) is 0 Å². The van der Waals surface area contributed by atoms with Crippen molar-refractivity contribution in [2.75, 3.05) is 4.90 Å². The number of aromatic nitrogens is 1. The molecule has 9 aromatic carbocycles. The van der Waals surface area contributed by atoms with Gasteiger partial charge in [0.25, 0.3) is 0 Å². The molecule has 0 aliphatic rings. The van der Waals surface area contributed by atoms with Gasteiger partial charge in [-0.05, 0) is 107 Å². The second-order valence-corrected chi connectivity index (χ2v) is 14.8. The van der Waals surface area contributed by atoms with Gasteiger partial charge in [0, 0.05) is 49.9 Å². The molecule has 11 rings (SSSR count). The van der Waals surface area contributed by atoms with Crippen LogP contribution in [-0.2, 0) is 0 Å². The van der Waals surface area contributed by atoms with Gasteiger partial charge in [-0.15, -0.1) is 0 Å². The van der Waals surface area contributed by atoms with Gasteiger partial charge in [-0.1, -0.05) is 127 Å². The summed E-state index contributed by atoms with van der Waals surface area (Å²) in [7, 11) is 0. The lowest BCUT2D eigenvalue weighted by Gasteiger charge is -2.26. The second-order valence-electron chi connectivity index (χ2n) is 14.8. The first-order valence-electron chi connectivity index (χ1n) is 19.6. The zero-order valence-corrected chi connectivity index (χ0v) is 31.7. The van der Waals surface area contributed by atoms with Gasteiger partial charge in [0.1, 0.15) is 22.8 Å². The highest BCUT2D eigenvalue weighted by Crippen LogP contribution is 2.41. The third kappa shape index (κ3) is 5.94. The first-order chi connectivity index (χ1) is 29.1. The van der Waals surface area contributed by atoms with E-state index >= 15 is 4.39 Å². The van der Waals surface area contributed by atoms with E-state index in [2.05, 4.69) is 138 Å². The maximum absolute atomic E-state index is 15.5. The molecular formula is C54H34F2N2O. The largest absolute Gasteiger partial charge is 0.455 e. The third-order valence-electron chi connectivity index (χ3n) is 11.3. The first-order valence-corrected chi connectivity index (χ1v) is 19.6. The summed E-state index contributed by atoms with van der Waals surface area (Å²) in [5, 5.41) is 3.55. The molecule has 0 spiro atoms. The second kappa shape index (κ2) is 14.0. The van der Waals surface area contributed by atoms with Gasteiger partial charge < -0.3 is 13.9 Å². The van der Waals surface area contributed by atoms with E-state index in [1.807, 2.05) is 47.0 Å². The predicted molar refractivity (Wildman–Crippen MR) is 239 cm³/mol. The van der Waals surface area contributed by atoms with E-state index in [0.717, 1.165) is 83.6 Å². The minimum atomic E-state index is -0.357. The molecule has 0 radical (unpaired) electrons. The summed E-state index contributed by atoms with van der Waals surface area (Å²) in [5.41, 5.74) is 13.1. The standard InChI is InChI=1S/C54H34F2N2O/c55-40-26-31-51-49(34-40)47-18-9-20-50(56)53(47)58(51)44-15-7-13-39(33-44)36-22-27-41(28-23-36)57(43-14-6-12-38(32-43)35-10-2-1-3-11-35)42-29-24-37(25-30-42)45-17-8-19-48-46-16-4-5-21-52(46)59-54(45)48/h1-34H. The Kier molecular flexibility index (Phi) is 8.19. The highest BCUT2D eigenvalue weighted by atomic mass is 19.1. The molecule has 0 bridgehead atoms. The molecule has 0 saturated carbocycles. The Morgan fingerprint density at radius 1 is 0.407 bits per heavy atom. The summed E-state index contributed by atoms with van der Waals surface area (Å²) in [6.07, 6.45) is 0. The van der Waals surface area contributed by atoms with Crippen LogP contribution in [0.1, 0.15) is 0 Å². The number of hydrogen-bond donors (Lipinski definition) is 0. The number of nitrogens with zero attached hydrogens (tertiary/aromatic N) is 2. The monoisotopic (exact) mass is 764 g/mol. The topological polar surface area (TPSA) is 21.3 Å². The van der Waals surface area contributed by atoms with E-state index in [9.17, 15) is 4.39 Å². The molecule has 2 heterocycles. The van der Waals surface area contributed by atoms with Crippen LogP contribution in [0.4, 0.5) is 25.8 Å². The SMILES string of the molecule is Fc1ccc2c(c1)c1cccc(F)c1n2-c1cccc(-c2ccc(N(c3ccc(-c4cccc5c4oc4ccccc45)cc3)c3cccc(-c4ccccc4)c3)cc2)c1. The highest BCUT2D eigenvalue weighted by Gasteiger charge is 2.19. The number of halogens is 2. The van der Waals surface area contributed by atoms with Gasteiger partial charge in [0.05, 0.1) is 11.0 Å². The van der Waals surface area contributed by atoms with E-state index in [4.69, 9.17) is 4.42 Å². The van der Waals surface area contributed by atoms with E-state index in [-0.39, 0.29) is 11.6 Å². The van der Waals surface area contributed by atoms with Crippen molar-refractivity contribution in [1.82, 2.24) is 4.57 Å². The van der Waals surface area contributed by atoms with Gasteiger partial charge >= 0.3 is 0 Å². The molecule has 0 amide bonds. The van der Waals surface area contributed by atoms with Gasteiger partial charge in [0.2, 0.25) is 0 Å². The average Bonchev–Trinajstić information content (AvgIpc) is 3.84. The summed E-state index contributed by atoms with van der Waals surface area (Å²) in [5.74, 6) is -0.711. The summed E-state index contributed by atoms with van der Waals surface area (Å²) in [6, 6.07) is 68.4. The lowest BCUT2D eigenvalue weighted by Crippen LogP contribution is -2.10. The van der Waals surface area contributed by atoms with Crippen molar-refractivity contribution in [2.45, 2.75) is 0 Å². The molecule has 0 saturated heterocycles. The molecule has 280 valence electrons. The molecule has 59 heavy (non-hydrogen) atoms. The molecule has 0 unspecified atom stereocenters. The summed E-state index contributed by atoms with van der Waals surface area (Å²) < 4.78 is 38.2. The summed E-state index contributed by atoms with van der Waals surface area (Å²) in [4.78, 5) is 2.28. The fraction of sp³-hybridized carbons (Fsp3) is 0. The van der Waals surface area contributed by atoms with E-state index in [0.29, 0.717) is 16.3 Å². The van der Waals surface area contributed by atoms with Crippen LogP contribution in [0.2, 0.25) is 0 Å². The molecule has 0 N–H and O–H groups in total. The minimum Gasteiger partial charge on any atom is -0.455 e. The van der Waals surface area contributed by atoms with Crippen LogP contribution in [0, 0.1) is 11.6 Å². The van der Waals surface area contributed by atoms with Crippen molar-refractivity contribution in [3.8, 4) is 39.1 Å². The Morgan fingerprint density at radius 3 is 1.85 bits per heavy atom. The average molecular weight is 765 g/mol. The number of benzene rings is 9.